The number of ether oxygens (including phenoxy) is 1. The zero-order valence-corrected chi connectivity index (χ0v) is 18.6. The fourth-order valence-corrected chi connectivity index (χ4v) is 3.99. The summed E-state index contributed by atoms with van der Waals surface area (Å²) >= 11 is 0. The zero-order valence-electron chi connectivity index (χ0n) is 18.6. The number of amides is 1. The van der Waals surface area contributed by atoms with Crippen LogP contribution in [0.15, 0.2) is 42.9 Å². The molecule has 32 heavy (non-hydrogen) atoms. The van der Waals surface area contributed by atoms with Gasteiger partial charge in [-0.25, -0.2) is 4.68 Å². The third-order valence-electron chi connectivity index (χ3n) is 5.85. The standard InChI is InChI=1S/C23H28N6O3/c1-15(2)28-14-17(11-25-28)23(31)27-10-4-5-16(13-27)21(30)20-12-26-29(22(20)24)18-6-8-19(32-3)9-7-18/h6-9,11-12,14-16H,4-5,10,13,24H2,1-3H3/t16-/m1/s1. The summed E-state index contributed by atoms with van der Waals surface area (Å²) in [4.78, 5) is 27.9. The molecule has 9 nitrogen and oxygen atoms in total. The Balaban J connectivity index is 1.49. The van der Waals surface area contributed by atoms with Gasteiger partial charge < -0.3 is 15.4 Å². The molecule has 3 aromatic rings. The third kappa shape index (κ3) is 4.10. The lowest BCUT2D eigenvalue weighted by atomic mass is 9.90. The van der Waals surface area contributed by atoms with Crippen molar-refractivity contribution in [2.45, 2.75) is 32.7 Å². The lowest BCUT2D eigenvalue weighted by Gasteiger charge is -2.31. The van der Waals surface area contributed by atoms with Gasteiger partial charge in [-0.2, -0.15) is 10.2 Å². The van der Waals surface area contributed by atoms with Gasteiger partial charge in [-0.1, -0.05) is 0 Å². The largest absolute Gasteiger partial charge is 0.497 e. The van der Waals surface area contributed by atoms with E-state index in [9.17, 15) is 9.59 Å². The number of carbonyl (C=O) groups is 2. The number of Topliss-reactive ketones (excluding diaryl/α,β-unsaturated/α-hetero) is 1. The van der Waals surface area contributed by atoms with Gasteiger partial charge in [-0.15, -0.1) is 0 Å². The number of benzene rings is 1. The molecule has 168 valence electrons. The molecule has 0 aliphatic carbocycles. The van der Waals surface area contributed by atoms with Crippen molar-refractivity contribution in [2.24, 2.45) is 5.92 Å². The molecule has 2 N–H and O–H groups in total. The van der Waals surface area contributed by atoms with Crippen molar-refractivity contribution in [3.63, 3.8) is 0 Å². The minimum absolute atomic E-state index is 0.0855. The number of likely N-dealkylation sites (tertiary alicyclic amines) is 1. The van der Waals surface area contributed by atoms with Gasteiger partial charge in [0.2, 0.25) is 0 Å². The number of nitrogens with two attached hydrogens (primary N) is 1. The molecule has 0 saturated carbocycles. The fraction of sp³-hybridized carbons (Fsp3) is 0.391. The van der Waals surface area contributed by atoms with Crippen LogP contribution in [-0.2, 0) is 0 Å². The molecule has 1 aliphatic rings. The van der Waals surface area contributed by atoms with Gasteiger partial charge in [-0.05, 0) is 51.0 Å². The number of piperidine rings is 1. The second kappa shape index (κ2) is 8.86. The first-order valence-electron chi connectivity index (χ1n) is 10.7. The molecule has 1 amide bonds. The monoisotopic (exact) mass is 436 g/mol. The predicted octanol–water partition coefficient (Wildman–Crippen LogP) is 2.98. The normalized spacial score (nSPS) is 16.4. The molecule has 9 heteroatoms. The SMILES string of the molecule is COc1ccc(-n2ncc(C(=O)[C@@H]3CCCN(C(=O)c4cnn(C(C)C)c4)C3)c2N)cc1. The summed E-state index contributed by atoms with van der Waals surface area (Å²) in [5.74, 6) is 0.515. The van der Waals surface area contributed by atoms with E-state index in [0.29, 0.717) is 36.5 Å². The molecular weight excluding hydrogens is 408 g/mol. The lowest BCUT2D eigenvalue weighted by molar-refractivity contribution is 0.0637. The maximum Gasteiger partial charge on any atom is 0.257 e. The average Bonchev–Trinajstić information content (AvgIpc) is 3.46. The van der Waals surface area contributed by atoms with Gasteiger partial charge in [0.15, 0.2) is 5.78 Å². The number of hydrogen-bond donors (Lipinski definition) is 1. The van der Waals surface area contributed by atoms with E-state index in [-0.39, 0.29) is 23.7 Å². The molecule has 3 heterocycles. The summed E-state index contributed by atoms with van der Waals surface area (Å²) in [7, 11) is 1.60. The van der Waals surface area contributed by atoms with Crippen LogP contribution in [0.1, 0.15) is 53.4 Å². The van der Waals surface area contributed by atoms with Gasteiger partial charge in [0.05, 0.1) is 36.3 Å². The van der Waals surface area contributed by atoms with Crippen LogP contribution in [0.3, 0.4) is 0 Å². The van der Waals surface area contributed by atoms with Crippen molar-refractivity contribution < 1.29 is 14.3 Å². The Morgan fingerprint density at radius 2 is 1.91 bits per heavy atom. The summed E-state index contributed by atoms with van der Waals surface area (Å²) in [5, 5.41) is 8.57. The van der Waals surface area contributed by atoms with Gasteiger partial charge in [-0.3, -0.25) is 14.3 Å². The van der Waals surface area contributed by atoms with Crippen LogP contribution in [0.25, 0.3) is 5.69 Å². The van der Waals surface area contributed by atoms with Crippen molar-refractivity contribution in [3.8, 4) is 11.4 Å². The first-order chi connectivity index (χ1) is 15.4. The first kappa shape index (κ1) is 21.6. The Morgan fingerprint density at radius 3 is 2.56 bits per heavy atom. The summed E-state index contributed by atoms with van der Waals surface area (Å²) in [5.41, 5.74) is 7.95. The smallest absolute Gasteiger partial charge is 0.257 e. The number of methoxy groups -OCH3 is 1. The highest BCUT2D eigenvalue weighted by Gasteiger charge is 2.32. The quantitative estimate of drug-likeness (QED) is 0.595. The van der Waals surface area contributed by atoms with Crippen molar-refractivity contribution >= 4 is 17.5 Å². The summed E-state index contributed by atoms with van der Waals surface area (Å²) in [6.07, 6.45) is 6.32. The van der Waals surface area contributed by atoms with Crippen molar-refractivity contribution in [1.82, 2.24) is 24.5 Å². The molecular formula is C23H28N6O3. The molecule has 0 spiro atoms. The molecule has 1 atom stereocenters. The topological polar surface area (TPSA) is 108 Å². The summed E-state index contributed by atoms with van der Waals surface area (Å²) in [6, 6.07) is 7.45. The lowest BCUT2D eigenvalue weighted by Crippen LogP contribution is -2.42. The Morgan fingerprint density at radius 1 is 1.16 bits per heavy atom. The van der Waals surface area contributed by atoms with Crippen LogP contribution in [0, 0.1) is 5.92 Å². The van der Waals surface area contributed by atoms with Crippen LogP contribution in [-0.4, -0.2) is 56.4 Å². The molecule has 0 unspecified atom stereocenters. The molecule has 1 aromatic carbocycles. The number of nitrogen functional groups attached to an aromatic ring is 1. The Bertz CT molecular complexity index is 1120. The van der Waals surface area contributed by atoms with Gasteiger partial charge in [0.25, 0.3) is 5.91 Å². The van der Waals surface area contributed by atoms with E-state index in [1.54, 1.807) is 33.8 Å². The second-order valence-corrected chi connectivity index (χ2v) is 8.31. The number of carbonyl (C=O) groups excluding carboxylic acids is 2. The van der Waals surface area contributed by atoms with Crippen LogP contribution >= 0.6 is 0 Å². The van der Waals surface area contributed by atoms with E-state index < -0.39 is 0 Å². The number of aromatic nitrogens is 4. The minimum Gasteiger partial charge on any atom is -0.497 e. The number of anilines is 1. The van der Waals surface area contributed by atoms with E-state index >= 15 is 0 Å². The minimum atomic E-state index is -0.316. The van der Waals surface area contributed by atoms with Gasteiger partial charge in [0.1, 0.15) is 11.6 Å². The maximum absolute atomic E-state index is 13.3. The van der Waals surface area contributed by atoms with Crippen LogP contribution in [0.5, 0.6) is 5.75 Å². The third-order valence-corrected chi connectivity index (χ3v) is 5.85. The second-order valence-electron chi connectivity index (χ2n) is 8.31. The Labute approximate surface area is 186 Å². The molecule has 2 aromatic heterocycles. The van der Waals surface area contributed by atoms with Crippen LogP contribution in [0.4, 0.5) is 5.82 Å². The van der Waals surface area contributed by atoms with E-state index in [1.165, 1.54) is 6.20 Å². The Hall–Kier alpha value is -3.62. The molecule has 0 bridgehead atoms. The number of nitrogens with zero attached hydrogens (tertiary/aromatic N) is 5. The van der Waals surface area contributed by atoms with Crippen LogP contribution < -0.4 is 10.5 Å². The fourth-order valence-electron chi connectivity index (χ4n) is 3.99. The first-order valence-corrected chi connectivity index (χ1v) is 10.7. The molecule has 0 radical (unpaired) electrons. The van der Waals surface area contributed by atoms with Crippen molar-refractivity contribution in [2.75, 3.05) is 25.9 Å². The van der Waals surface area contributed by atoms with Gasteiger partial charge in [0, 0.05) is 31.2 Å². The zero-order chi connectivity index (χ0) is 22.8. The van der Waals surface area contributed by atoms with Gasteiger partial charge >= 0.3 is 0 Å². The van der Waals surface area contributed by atoms with E-state index in [0.717, 1.165) is 17.9 Å². The molecule has 1 fully saturated rings. The maximum atomic E-state index is 13.3. The predicted molar refractivity (Wildman–Crippen MR) is 120 cm³/mol. The van der Waals surface area contributed by atoms with Crippen molar-refractivity contribution in [3.05, 3.63) is 54.0 Å². The number of ketones is 1. The molecule has 4 rings (SSSR count). The molecule has 1 saturated heterocycles. The highest BCUT2D eigenvalue weighted by molar-refractivity contribution is 6.02. The summed E-state index contributed by atoms with van der Waals surface area (Å²) in [6.45, 7) is 4.99. The van der Waals surface area contributed by atoms with E-state index in [2.05, 4.69) is 10.2 Å². The van der Waals surface area contributed by atoms with E-state index in [1.807, 2.05) is 38.1 Å². The summed E-state index contributed by atoms with van der Waals surface area (Å²) < 4.78 is 8.48. The number of hydrogen-bond acceptors (Lipinski definition) is 6. The van der Waals surface area contributed by atoms with Crippen LogP contribution in [0.2, 0.25) is 0 Å². The van der Waals surface area contributed by atoms with Crippen molar-refractivity contribution in [1.29, 1.82) is 0 Å². The Kier molecular flexibility index (Phi) is 5.98. The van der Waals surface area contributed by atoms with E-state index in [4.69, 9.17) is 10.5 Å². The highest BCUT2D eigenvalue weighted by Crippen LogP contribution is 2.26. The highest BCUT2D eigenvalue weighted by atomic mass is 16.5. The molecule has 1 aliphatic heterocycles. The average molecular weight is 437 g/mol. The number of rotatable bonds is 6.